The fourth-order valence-corrected chi connectivity index (χ4v) is 12.5. The molecule has 9 aromatic carbocycles. The van der Waals surface area contributed by atoms with Crippen LogP contribution >= 0.6 is 28.3 Å². The van der Waals surface area contributed by atoms with Gasteiger partial charge < -0.3 is 0 Å². The minimum Gasteiger partial charge on any atom is -0.181 e. The number of aryl methyl sites for hydroxylation is 1. The molecule has 0 N–H and O–H groups in total. The number of rotatable bonds is 7. The molecule has 4 heteroatoms. The van der Waals surface area contributed by atoms with Gasteiger partial charge in [-0.2, -0.15) is 35.9 Å². The molecule has 9 aromatic rings. The standard InChI is InChI=1S/C44H32P2.C7H7.ClH.Ni/c1-5-19-35(20-6-1)45(36-21-7-2-8-22-36)41-31-29-33-17-13-15-27-39(33)43(41)44-40-28-16-14-18-34(40)30-32-42(44)46(37-23-9-3-10-24-37)38-25-11-4-12-26-38;1-7-5-3-2-4-6-7;;/h1-32H;2-5H,1H3;1H;/q;-1;;/p+1. The topological polar surface area (TPSA) is 0 Å². The molecule has 0 amide bonds. The van der Waals surface area contributed by atoms with Gasteiger partial charge in [0.15, 0.2) is 0 Å². The zero-order valence-electron chi connectivity index (χ0n) is 30.5. The van der Waals surface area contributed by atoms with Gasteiger partial charge in [-0.3, -0.25) is 0 Å². The Hall–Kier alpha value is -4.86. The zero-order chi connectivity index (χ0) is 35.8. The van der Waals surface area contributed by atoms with Gasteiger partial charge in [0, 0.05) is 27.6 Å². The molecule has 0 nitrogen and oxygen atoms in total. The molecule has 0 aliphatic heterocycles. The van der Waals surface area contributed by atoms with Gasteiger partial charge in [-0.1, -0.05) is 171 Å². The van der Waals surface area contributed by atoms with Gasteiger partial charge >= 0.3 is 0 Å². The average Bonchev–Trinajstić information content (AvgIpc) is 3.23. The van der Waals surface area contributed by atoms with E-state index in [1.54, 1.807) is 0 Å². The van der Waals surface area contributed by atoms with Gasteiger partial charge in [0.2, 0.25) is 0 Å². The normalized spacial score (nSPS) is 10.7. The fourth-order valence-electron chi connectivity index (χ4n) is 7.21. The molecule has 0 aliphatic rings. The predicted molar refractivity (Wildman–Crippen MR) is 243 cm³/mol. The molecule has 0 aliphatic carbocycles. The molecule has 0 aromatic heterocycles. The molecule has 0 saturated carbocycles. The smallest absolute Gasteiger partial charge is 0.110 e. The van der Waals surface area contributed by atoms with Crippen LogP contribution in [-0.4, -0.2) is 0 Å². The molecule has 0 bridgehead atoms. The molecular weight excluding hydrogens is 769 g/mol. The van der Waals surface area contributed by atoms with Crippen molar-refractivity contribution < 1.29 is 16.5 Å². The fraction of sp³-hybridized carbons (Fsp3) is 0.0196. The summed E-state index contributed by atoms with van der Waals surface area (Å²) in [5.74, 6) is 0. The maximum Gasteiger partial charge on any atom is 0.110 e. The molecule has 0 heterocycles. The van der Waals surface area contributed by atoms with Gasteiger partial charge in [-0.05, 0) is 75.7 Å². The monoisotopic (exact) mass is 808 g/mol. The summed E-state index contributed by atoms with van der Waals surface area (Å²) in [5, 5.41) is 13.5. The van der Waals surface area contributed by atoms with Crippen molar-refractivity contribution in [2.45, 2.75) is 6.92 Å². The SMILES string of the molecule is Cc1[c-]cccc1.Cl.[Ni].c1ccc(P(c2ccccc2)c2ccc3ccccc3c2-c2c([PH+](c3ccccc3)c3ccccc3)ccc3ccccc23)cc1. The second-order valence-corrected chi connectivity index (χ2v) is 17.7. The van der Waals surface area contributed by atoms with E-state index >= 15 is 0 Å². The minimum atomic E-state index is -1.38. The molecule has 272 valence electrons. The van der Waals surface area contributed by atoms with E-state index in [9.17, 15) is 0 Å². The molecule has 0 unspecified atom stereocenters. The van der Waals surface area contributed by atoms with Crippen molar-refractivity contribution in [3.8, 4) is 11.1 Å². The third-order valence-electron chi connectivity index (χ3n) is 9.61. The van der Waals surface area contributed by atoms with Crippen LogP contribution in [0.1, 0.15) is 5.56 Å². The molecular formula is C51H41ClNiP2. The summed E-state index contributed by atoms with van der Waals surface area (Å²) in [6.45, 7) is 2.03. The van der Waals surface area contributed by atoms with Crippen molar-refractivity contribution in [1.29, 1.82) is 0 Å². The van der Waals surface area contributed by atoms with Gasteiger partial charge in [-0.25, -0.2) is 0 Å². The molecule has 55 heavy (non-hydrogen) atoms. The van der Waals surface area contributed by atoms with Crippen LogP contribution in [-0.2, 0) is 16.5 Å². The Bertz CT molecular complexity index is 2320. The largest absolute Gasteiger partial charge is 0.181 e. The van der Waals surface area contributed by atoms with E-state index in [2.05, 4.69) is 200 Å². The number of hydrogen-bond donors (Lipinski definition) is 0. The summed E-state index contributed by atoms with van der Waals surface area (Å²) >= 11 is 0. The van der Waals surface area contributed by atoms with E-state index in [-0.39, 0.29) is 28.9 Å². The van der Waals surface area contributed by atoms with Gasteiger partial charge in [0.05, 0.1) is 7.92 Å². The van der Waals surface area contributed by atoms with E-state index in [4.69, 9.17) is 0 Å². The summed E-state index contributed by atoms with van der Waals surface area (Å²) in [4.78, 5) is 0. The first kappa shape index (κ1) is 39.8. The van der Waals surface area contributed by atoms with Crippen molar-refractivity contribution in [1.82, 2.24) is 0 Å². The summed E-state index contributed by atoms with van der Waals surface area (Å²) in [6.07, 6.45) is 0. The maximum absolute atomic E-state index is 3.03. The quantitative estimate of drug-likeness (QED) is 0.0855. The molecule has 0 radical (unpaired) electrons. The third-order valence-corrected chi connectivity index (χ3v) is 14.9. The first-order chi connectivity index (χ1) is 26.3. The maximum atomic E-state index is 3.03. The number of hydrogen-bond acceptors (Lipinski definition) is 0. The van der Waals surface area contributed by atoms with Gasteiger partial charge in [0.25, 0.3) is 0 Å². The second-order valence-electron chi connectivity index (χ2n) is 13.0. The van der Waals surface area contributed by atoms with E-state index < -0.39 is 15.8 Å². The van der Waals surface area contributed by atoms with Crippen LogP contribution in [0.3, 0.4) is 0 Å². The Balaban J connectivity index is 0.000000517. The van der Waals surface area contributed by atoms with Crippen molar-refractivity contribution in [3.63, 3.8) is 0 Å². The Kier molecular flexibility index (Phi) is 13.9. The van der Waals surface area contributed by atoms with Crippen LogP contribution in [0.4, 0.5) is 0 Å². The Morgan fingerprint density at radius 3 is 1.33 bits per heavy atom. The summed E-state index contributed by atoms with van der Waals surface area (Å²) in [5.41, 5.74) is 3.92. The average molecular weight is 810 g/mol. The molecule has 0 spiro atoms. The Morgan fingerprint density at radius 2 is 0.855 bits per heavy atom. The first-order valence-corrected chi connectivity index (χ1v) is 21.0. The van der Waals surface area contributed by atoms with Crippen LogP contribution in [0.5, 0.6) is 0 Å². The van der Waals surface area contributed by atoms with E-state index in [1.807, 2.05) is 31.2 Å². The van der Waals surface area contributed by atoms with Crippen molar-refractivity contribution in [2.24, 2.45) is 0 Å². The molecule has 0 atom stereocenters. The number of halogens is 1. The minimum absolute atomic E-state index is 0. The van der Waals surface area contributed by atoms with Crippen LogP contribution < -0.4 is 31.8 Å². The predicted octanol–water partition coefficient (Wildman–Crippen LogP) is 11.1. The summed E-state index contributed by atoms with van der Waals surface area (Å²) in [6, 6.07) is 83.0. The number of fused-ring (bicyclic) bond motifs is 2. The van der Waals surface area contributed by atoms with Crippen LogP contribution in [0, 0.1) is 13.0 Å². The Labute approximate surface area is 344 Å². The van der Waals surface area contributed by atoms with Crippen LogP contribution in [0.2, 0.25) is 0 Å². The van der Waals surface area contributed by atoms with E-state index in [0.717, 1.165) is 0 Å². The first-order valence-electron chi connectivity index (χ1n) is 18.1. The zero-order valence-corrected chi connectivity index (χ0v) is 34.2. The molecule has 0 fully saturated rings. The molecule has 0 saturated heterocycles. The van der Waals surface area contributed by atoms with Gasteiger partial charge in [-0.15, -0.1) is 12.4 Å². The van der Waals surface area contributed by atoms with E-state index in [1.165, 1.54) is 70.1 Å². The Morgan fingerprint density at radius 1 is 0.418 bits per heavy atom. The summed E-state index contributed by atoms with van der Waals surface area (Å²) in [7, 11) is -2.22. The third kappa shape index (κ3) is 8.84. The van der Waals surface area contributed by atoms with Crippen LogP contribution in [0.15, 0.2) is 218 Å². The van der Waals surface area contributed by atoms with Crippen molar-refractivity contribution in [2.75, 3.05) is 0 Å². The molecule has 9 rings (SSSR count). The number of benzene rings is 9. The van der Waals surface area contributed by atoms with Crippen molar-refractivity contribution >= 4 is 81.6 Å². The second kappa shape index (κ2) is 19.1. The van der Waals surface area contributed by atoms with Crippen molar-refractivity contribution in [3.05, 3.63) is 230 Å². The summed E-state index contributed by atoms with van der Waals surface area (Å²) < 4.78 is 0. The van der Waals surface area contributed by atoms with Crippen LogP contribution in [0.25, 0.3) is 32.7 Å². The van der Waals surface area contributed by atoms with E-state index in [0.29, 0.717) is 0 Å². The van der Waals surface area contributed by atoms with Gasteiger partial charge in [0.1, 0.15) is 15.9 Å².